The Hall–Kier alpha value is -3.34. The zero-order chi connectivity index (χ0) is 23.9. The third-order valence-electron chi connectivity index (χ3n) is 6.85. The number of aromatic nitrogens is 2. The molecule has 34 heavy (non-hydrogen) atoms. The quantitative estimate of drug-likeness (QED) is 0.428. The van der Waals surface area contributed by atoms with Crippen molar-refractivity contribution >= 4 is 11.6 Å². The second-order valence-electron chi connectivity index (χ2n) is 10.3. The molecule has 5 nitrogen and oxygen atoms in total. The molecule has 1 aromatic heterocycles. The van der Waals surface area contributed by atoms with Crippen LogP contribution in [-0.2, 0) is 4.79 Å². The van der Waals surface area contributed by atoms with Crippen molar-refractivity contribution in [3.63, 3.8) is 0 Å². The minimum atomic E-state index is -0.142. The van der Waals surface area contributed by atoms with Crippen LogP contribution in [0.1, 0.15) is 69.2 Å². The van der Waals surface area contributed by atoms with E-state index in [2.05, 4.69) is 50.4 Å². The number of unbranched alkanes of at least 4 members (excludes halogenated alkanes) is 1. The molecule has 0 spiro atoms. The molecule has 1 atom stereocenters. The number of fused-ring (bicyclic) bond motifs is 1. The summed E-state index contributed by atoms with van der Waals surface area (Å²) in [5.74, 6) is 1.91. The van der Waals surface area contributed by atoms with Gasteiger partial charge >= 0.3 is 0 Å². The highest BCUT2D eigenvalue weighted by molar-refractivity contribution is 6.01. The Kier molecular flexibility index (Phi) is 5.80. The topological polar surface area (TPSA) is 56.1 Å². The first-order chi connectivity index (χ1) is 16.4. The number of hydrogen-bond donors (Lipinski definition) is 1. The summed E-state index contributed by atoms with van der Waals surface area (Å²) in [6.07, 6.45) is 3.54. The Morgan fingerprint density at radius 3 is 2.53 bits per heavy atom. The van der Waals surface area contributed by atoms with Gasteiger partial charge in [-0.25, -0.2) is 4.68 Å². The molecular weight excluding hydrogens is 422 g/mol. The zero-order valence-corrected chi connectivity index (χ0v) is 20.5. The Balaban J connectivity index is 1.63. The molecule has 3 aromatic rings. The van der Waals surface area contributed by atoms with E-state index < -0.39 is 0 Å². The number of nitrogens with zero attached hydrogens (tertiary/aromatic N) is 2. The lowest BCUT2D eigenvalue weighted by Crippen LogP contribution is -2.34. The number of nitrogens with one attached hydrogen (secondary N) is 1. The van der Waals surface area contributed by atoms with Gasteiger partial charge in [-0.3, -0.25) is 4.79 Å². The summed E-state index contributed by atoms with van der Waals surface area (Å²) >= 11 is 0. The number of ketones is 1. The predicted octanol–water partition coefficient (Wildman–Crippen LogP) is 6.56. The fourth-order valence-corrected chi connectivity index (χ4v) is 5.25. The summed E-state index contributed by atoms with van der Waals surface area (Å²) in [5, 5.41) is 8.57. The Labute approximate surface area is 201 Å². The predicted molar refractivity (Wildman–Crippen MR) is 136 cm³/mol. The van der Waals surface area contributed by atoms with Crippen molar-refractivity contribution in [2.24, 2.45) is 5.41 Å². The molecule has 176 valence electrons. The van der Waals surface area contributed by atoms with Crippen LogP contribution in [0.25, 0.3) is 5.69 Å². The molecule has 0 unspecified atom stereocenters. The highest BCUT2D eigenvalue weighted by Crippen LogP contribution is 2.50. The van der Waals surface area contributed by atoms with Crippen molar-refractivity contribution in [2.75, 3.05) is 11.9 Å². The summed E-state index contributed by atoms with van der Waals surface area (Å²) in [5.41, 5.74) is 5.96. The largest absolute Gasteiger partial charge is 0.494 e. The van der Waals surface area contributed by atoms with Crippen molar-refractivity contribution in [3.05, 3.63) is 82.7 Å². The number of anilines is 1. The van der Waals surface area contributed by atoms with Gasteiger partial charge in [-0.2, -0.15) is 5.10 Å². The first-order valence-corrected chi connectivity index (χ1v) is 12.3. The van der Waals surface area contributed by atoms with Crippen LogP contribution in [0.4, 0.5) is 5.82 Å². The molecule has 2 heterocycles. The number of hydrogen-bond acceptors (Lipinski definition) is 4. The Morgan fingerprint density at radius 2 is 1.82 bits per heavy atom. The van der Waals surface area contributed by atoms with Crippen molar-refractivity contribution < 1.29 is 9.53 Å². The zero-order valence-electron chi connectivity index (χ0n) is 20.5. The van der Waals surface area contributed by atoms with E-state index in [1.54, 1.807) is 0 Å². The molecule has 2 aromatic carbocycles. The number of rotatable bonds is 6. The van der Waals surface area contributed by atoms with Crippen LogP contribution >= 0.6 is 0 Å². The highest BCUT2D eigenvalue weighted by atomic mass is 16.5. The number of Topliss-reactive ketones (excluding diaryl/α,β-unsaturated/α-hetero) is 1. The second kappa shape index (κ2) is 8.79. The summed E-state index contributed by atoms with van der Waals surface area (Å²) in [7, 11) is 0. The molecule has 0 saturated carbocycles. The van der Waals surface area contributed by atoms with E-state index in [9.17, 15) is 4.79 Å². The van der Waals surface area contributed by atoms with Crippen LogP contribution in [0.15, 0.2) is 65.9 Å². The van der Waals surface area contributed by atoms with Gasteiger partial charge in [0.15, 0.2) is 5.78 Å². The maximum Gasteiger partial charge on any atom is 0.162 e. The Morgan fingerprint density at radius 1 is 1.09 bits per heavy atom. The lowest BCUT2D eigenvalue weighted by Gasteiger charge is -2.38. The number of para-hydroxylation sites is 1. The fourth-order valence-electron chi connectivity index (χ4n) is 5.25. The molecular formula is C29H33N3O2. The molecule has 0 radical (unpaired) electrons. The molecule has 0 amide bonds. The first-order valence-electron chi connectivity index (χ1n) is 12.3. The van der Waals surface area contributed by atoms with Gasteiger partial charge < -0.3 is 10.1 Å². The van der Waals surface area contributed by atoms with Crippen molar-refractivity contribution in [3.8, 4) is 11.4 Å². The maximum absolute atomic E-state index is 13.5. The van der Waals surface area contributed by atoms with Crippen molar-refractivity contribution in [1.29, 1.82) is 0 Å². The monoisotopic (exact) mass is 455 g/mol. The summed E-state index contributed by atoms with van der Waals surface area (Å²) in [4.78, 5) is 13.5. The lowest BCUT2D eigenvalue weighted by molar-refractivity contribution is -0.118. The fraction of sp³-hybridized carbons (Fsp3) is 0.379. The maximum atomic E-state index is 13.5. The molecule has 5 rings (SSSR count). The van der Waals surface area contributed by atoms with E-state index in [0.29, 0.717) is 6.42 Å². The highest BCUT2D eigenvalue weighted by Gasteiger charge is 2.42. The van der Waals surface area contributed by atoms with Crippen molar-refractivity contribution in [1.82, 2.24) is 9.78 Å². The Bertz CT molecular complexity index is 1240. The van der Waals surface area contributed by atoms with Crippen molar-refractivity contribution in [2.45, 2.75) is 59.3 Å². The van der Waals surface area contributed by atoms with Gasteiger partial charge in [-0.1, -0.05) is 57.5 Å². The van der Waals surface area contributed by atoms with Crippen LogP contribution in [0.3, 0.4) is 0 Å². The summed E-state index contributed by atoms with van der Waals surface area (Å²) < 4.78 is 7.87. The number of allylic oxidation sites excluding steroid dienone is 2. The number of carbonyl (C=O) groups is 1. The third kappa shape index (κ3) is 4.04. The van der Waals surface area contributed by atoms with Gasteiger partial charge in [0.25, 0.3) is 0 Å². The smallest absolute Gasteiger partial charge is 0.162 e. The minimum absolute atomic E-state index is 0.0748. The SMILES string of the molecule is CCCCOc1ccc([C@H]2C3=C(CC(C)(C)CC3=O)Nc3c2c(C)nn3-c2ccccc2)cc1. The van der Waals surface area contributed by atoms with Gasteiger partial charge in [0.05, 0.1) is 18.0 Å². The van der Waals surface area contributed by atoms with Gasteiger partial charge in [0.2, 0.25) is 0 Å². The van der Waals surface area contributed by atoms with Crippen LogP contribution in [0, 0.1) is 12.3 Å². The first kappa shape index (κ1) is 22.5. The second-order valence-corrected chi connectivity index (χ2v) is 10.3. The number of ether oxygens (including phenoxy) is 1. The number of aryl methyl sites for hydroxylation is 1. The van der Waals surface area contributed by atoms with Gasteiger partial charge in [-0.05, 0) is 55.0 Å². The summed E-state index contributed by atoms with van der Waals surface area (Å²) in [6.45, 7) is 9.26. The molecule has 5 heteroatoms. The van der Waals surface area contributed by atoms with E-state index >= 15 is 0 Å². The van der Waals surface area contributed by atoms with E-state index in [-0.39, 0.29) is 17.1 Å². The number of benzene rings is 2. The van der Waals surface area contributed by atoms with Gasteiger partial charge in [0, 0.05) is 29.2 Å². The summed E-state index contributed by atoms with van der Waals surface area (Å²) in [6, 6.07) is 18.5. The average molecular weight is 456 g/mol. The van der Waals surface area contributed by atoms with E-state index in [0.717, 1.165) is 71.2 Å². The molecule has 1 N–H and O–H groups in total. The van der Waals surface area contributed by atoms with Gasteiger partial charge in [0.1, 0.15) is 11.6 Å². The van der Waals surface area contributed by atoms with Crippen LogP contribution in [0.2, 0.25) is 0 Å². The molecule has 1 aliphatic heterocycles. The number of carbonyl (C=O) groups excluding carboxylic acids is 1. The molecule has 0 saturated heterocycles. The molecule has 0 bridgehead atoms. The third-order valence-corrected chi connectivity index (χ3v) is 6.85. The van der Waals surface area contributed by atoms with Crippen LogP contribution in [0.5, 0.6) is 5.75 Å². The lowest BCUT2D eigenvalue weighted by atomic mass is 9.69. The van der Waals surface area contributed by atoms with Crippen LogP contribution < -0.4 is 10.1 Å². The standard InChI is InChI=1S/C29H33N3O2/c1-5-6-16-34-22-14-12-20(13-15-22)26-25-19(2)31-32(21-10-8-7-9-11-21)28(25)30-23-17-29(3,4)18-24(33)27(23)26/h7-15,26,30H,5-6,16-18H2,1-4H3/t26-/m1/s1. The molecule has 0 fully saturated rings. The van der Waals surface area contributed by atoms with E-state index in [1.807, 2.05) is 41.9 Å². The molecule has 1 aliphatic carbocycles. The van der Waals surface area contributed by atoms with Gasteiger partial charge in [-0.15, -0.1) is 0 Å². The molecule has 2 aliphatic rings. The van der Waals surface area contributed by atoms with E-state index in [1.165, 1.54) is 0 Å². The average Bonchev–Trinajstić information content (AvgIpc) is 3.14. The minimum Gasteiger partial charge on any atom is -0.494 e. The van der Waals surface area contributed by atoms with Crippen LogP contribution in [-0.4, -0.2) is 22.2 Å². The van der Waals surface area contributed by atoms with E-state index in [4.69, 9.17) is 9.84 Å². The normalized spacial score (nSPS) is 18.8.